The number of ether oxygens (including phenoxy) is 2. The summed E-state index contributed by atoms with van der Waals surface area (Å²) >= 11 is 0. The summed E-state index contributed by atoms with van der Waals surface area (Å²) in [6.07, 6.45) is -2.33. The molecular formula is C27H32F3N7O3. The highest BCUT2D eigenvalue weighted by atomic mass is 19.4. The quantitative estimate of drug-likeness (QED) is 0.364. The molecule has 4 aliphatic heterocycles. The molecule has 0 unspecified atom stereocenters. The van der Waals surface area contributed by atoms with Gasteiger partial charge < -0.3 is 30.7 Å². The first kappa shape index (κ1) is 28.9. The van der Waals surface area contributed by atoms with E-state index in [9.17, 15) is 18.0 Å². The summed E-state index contributed by atoms with van der Waals surface area (Å²) in [5, 5.41) is 12.4. The predicted molar refractivity (Wildman–Crippen MR) is 144 cm³/mol. The fraction of sp³-hybridized carbons (Fsp3) is 0.407. The van der Waals surface area contributed by atoms with Crippen LogP contribution in [0.15, 0.2) is 48.7 Å². The van der Waals surface area contributed by atoms with E-state index in [0.717, 1.165) is 24.3 Å². The first-order valence-electron chi connectivity index (χ1n) is 12.8. The van der Waals surface area contributed by atoms with E-state index in [1.54, 1.807) is 12.1 Å². The van der Waals surface area contributed by atoms with Gasteiger partial charge in [-0.3, -0.25) is 4.79 Å². The lowest BCUT2D eigenvalue weighted by atomic mass is 9.93. The van der Waals surface area contributed by atoms with Gasteiger partial charge in [0.2, 0.25) is 0 Å². The van der Waals surface area contributed by atoms with E-state index >= 15 is 0 Å². The SMILES string of the molecule is CC1(C)CNCCCOc2ccc(cc2)CNc2cc(nc(OCC(F)(F)F)n2)Nc2ccc(cn2)C(=O)NC1. The second kappa shape index (κ2) is 12.8. The molecule has 13 heteroatoms. The largest absolute Gasteiger partial charge is 0.494 e. The van der Waals surface area contributed by atoms with E-state index in [1.807, 2.05) is 24.3 Å². The van der Waals surface area contributed by atoms with Crippen molar-refractivity contribution in [2.75, 3.05) is 43.5 Å². The molecule has 10 nitrogen and oxygen atoms in total. The Morgan fingerprint density at radius 2 is 1.77 bits per heavy atom. The number of hydrogen-bond acceptors (Lipinski definition) is 9. The minimum absolute atomic E-state index is 0.159. The zero-order valence-corrected chi connectivity index (χ0v) is 22.3. The zero-order valence-electron chi connectivity index (χ0n) is 22.3. The average Bonchev–Trinajstić information content (AvgIpc) is 2.91. The Labute approximate surface area is 230 Å². The molecule has 0 saturated carbocycles. The van der Waals surface area contributed by atoms with Crippen LogP contribution in [0.25, 0.3) is 0 Å². The van der Waals surface area contributed by atoms with Crippen LogP contribution in [-0.2, 0) is 6.54 Å². The number of benzene rings is 1. The van der Waals surface area contributed by atoms with Crippen LogP contribution in [0.3, 0.4) is 0 Å². The van der Waals surface area contributed by atoms with Crippen molar-refractivity contribution in [1.29, 1.82) is 0 Å². The Balaban J connectivity index is 1.56. The number of alkyl halides is 3. The van der Waals surface area contributed by atoms with Gasteiger partial charge in [0.05, 0.1) is 12.2 Å². The second-order valence-corrected chi connectivity index (χ2v) is 10.1. The molecular weight excluding hydrogens is 527 g/mol. The van der Waals surface area contributed by atoms with E-state index < -0.39 is 18.8 Å². The van der Waals surface area contributed by atoms with Crippen LogP contribution in [-0.4, -0.2) is 59.9 Å². The normalized spacial score (nSPS) is 16.6. The molecule has 3 aromatic rings. The molecule has 0 aliphatic carbocycles. The monoisotopic (exact) mass is 559 g/mol. The Hall–Kier alpha value is -4.13. The summed E-state index contributed by atoms with van der Waals surface area (Å²) < 4.78 is 48.9. The lowest BCUT2D eigenvalue weighted by molar-refractivity contribution is -0.154. The number of aromatic nitrogens is 3. The Morgan fingerprint density at radius 3 is 2.50 bits per heavy atom. The van der Waals surface area contributed by atoms with Gasteiger partial charge in [-0.25, -0.2) is 4.98 Å². The van der Waals surface area contributed by atoms with Crippen molar-refractivity contribution >= 4 is 23.4 Å². The fourth-order valence-electron chi connectivity index (χ4n) is 3.72. The Kier molecular flexibility index (Phi) is 9.25. The van der Waals surface area contributed by atoms with Crippen LogP contribution in [0.4, 0.5) is 30.6 Å². The van der Waals surface area contributed by atoms with Crippen molar-refractivity contribution in [2.45, 2.75) is 33.0 Å². The molecule has 4 N–H and O–H groups in total. The summed E-state index contributed by atoms with van der Waals surface area (Å²) in [6, 6.07) is 11.7. The number of pyridine rings is 1. The minimum Gasteiger partial charge on any atom is -0.494 e. The van der Waals surface area contributed by atoms with E-state index in [1.165, 1.54) is 12.3 Å². The van der Waals surface area contributed by atoms with Gasteiger partial charge in [0, 0.05) is 31.9 Å². The first-order chi connectivity index (χ1) is 19.0. The predicted octanol–water partition coefficient (Wildman–Crippen LogP) is 4.30. The fourth-order valence-corrected chi connectivity index (χ4v) is 3.72. The topological polar surface area (TPSA) is 122 Å². The number of carbonyl (C=O) groups excluding carboxylic acids is 1. The summed E-state index contributed by atoms with van der Waals surface area (Å²) in [4.78, 5) is 25.0. The number of amides is 1. The van der Waals surface area contributed by atoms with Crippen molar-refractivity contribution in [1.82, 2.24) is 25.6 Å². The van der Waals surface area contributed by atoms with Crippen molar-refractivity contribution in [3.8, 4) is 11.8 Å². The van der Waals surface area contributed by atoms with E-state index in [0.29, 0.717) is 37.6 Å². The van der Waals surface area contributed by atoms with E-state index in [2.05, 4.69) is 50.1 Å². The highest BCUT2D eigenvalue weighted by molar-refractivity contribution is 5.94. The molecule has 40 heavy (non-hydrogen) atoms. The van der Waals surface area contributed by atoms with Crippen LogP contribution in [0.1, 0.15) is 36.2 Å². The van der Waals surface area contributed by atoms with Crippen molar-refractivity contribution in [2.24, 2.45) is 5.41 Å². The highest BCUT2D eigenvalue weighted by Gasteiger charge is 2.29. The third kappa shape index (κ3) is 9.26. The number of halogens is 3. The van der Waals surface area contributed by atoms with E-state index in [4.69, 9.17) is 9.47 Å². The molecule has 7 rings (SSSR count). The number of nitrogens with zero attached hydrogens (tertiary/aromatic N) is 3. The van der Waals surface area contributed by atoms with Gasteiger partial charge in [-0.15, -0.1) is 0 Å². The van der Waals surface area contributed by atoms with Gasteiger partial charge in [0.25, 0.3) is 5.91 Å². The molecule has 214 valence electrons. The van der Waals surface area contributed by atoms with Crippen LogP contribution < -0.4 is 30.7 Å². The van der Waals surface area contributed by atoms with Gasteiger partial charge >= 0.3 is 12.2 Å². The van der Waals surface area contributed by atoms with Crippen molar-refractivity contribution in [3.05, 3.63) is 59.8 Å². The molecule has 0 spiro atoms. The van der Waals surface area contributed by atoms with Crippen LogP contribution in [0.2, 0.25) is 0 Å². The van der Waals surface area contributed by atoms with Crippen molar-refractivity contribution < 1.29 is 27.4 Å². The maximum absolute atomic E-state index is 12.7. The van der Waals surface area contributed by atoms with Crippen LogP contribution >= 0.6 is 0 Å². The minimum atomic E-state index is -4.55. The first-order valence-corrected chi connectivity index (χ1v) is 12.8. The molecule has 0 saturated heterocycles. The van der Waals surface area contributed by atoms with Gasteiger partial charge in [-0.2, -0.15) is 23.1 Å². The van der Waals surface area contributed by atoms with Crippen molar-refractivity contribution in [3.63, 3.8) is 0 Å². The number of nitrogens with one attached hydrogen (secondary N) is 4. The smallest absolute Gasteiger partial charge is 0.422 e. The van der Waals surface area contributed by atoms with Gasteiger partial charge in [-0.05, 0) is 48.2 Å². The molecule has 6 heterocycles. The maximum Gasteiger partial charge on any atom is 0.422 e. The Morgan fingerprint density at radius 1 is 1.00 bits per heavy atom. The molecule has 1 aromatic carbocycles. The summed E-state index contributed by atoms with van der Waals surface area (Å²) in [5.41, 5.74) is 1.10. The molecule has 0 radical (unpaired) electrons. The summed E-state index contributed by atoms with van der Waals surface area (Å²) in [7, 11) is 0. The van der Waals surface area contributed by atoms with Gasteiger partial charge in [-0.1, -0.05) is 26.0 Å². The molecule has 2 aromatic heterocycles. The van der Waals surface area contributed by atoms with Gasteiger partial charge in [0.15, 0.2) is 6.61 Å². The molecule has 0 fully saturated rings. The van der Waals surface area contributed by atoms with Gasteiger partial charge in [0.1, 0.15) is 23.2 Å². The maximum atomic E-state index is 12.7. The molecule has 6 bridgehead atoms. The standard InChI is InChI=1S/C27H32F3N7O3/c1-26(2)15-31-10-3-11-39-20-7-4-18(5-8-20)13-32-22-12-23(37-25(36-22)40-17-27(28,29)30)35-21-9-6-19(14-33-21)24(38)34-16-26/h4-9,12,14,31H,3,10-11,13,15-17H2,1-2H3,(H,34,38)(H2,32,33,35,36,37). The Bertz CT molecular complexity index is 1270. The van der Waals surface area contributed by atoms with Crippen LogP contribution in [0, 0.1) is 5.41 Å². The second-order valence-electron chi connectivity index (χ2n) is 10.1. The zero-order chi connectivity index (χ0) is 28.6. The average molecular weight is 560 g/mol. The summed E-state index contributed by atoms with van der Waals surface area (Å²) in [5.74, 6) is 1.20. The van der Waals surface area contributed by atoms with Crippen LogP contribution in [0.5, 0.6) is 11.8 Å². The third-order valence-corrected chi connectivity index (χ3v) is 5.85. The molecule has 0 atom stereocenters. The molecule has 1 amide bonds. The number of hydrogen-bond donors (Lipinski definition) is 4. The molecule has 4 aliphatic rings. The lowest BCUT2D eigenvalue weighted by Gasteiger charge is -2.25. The number of anilines is 3. The third-order valence-electron chi connectivity index (χ3n) is 5.85. The number of rotatable bonds is 2. The highest BCUT2D eigenvalue weighted by Crippen LogP contribution is 2.23. The number of carbonyl (C=O) groups is 1. The van der Waals surface area contributed by atoms with E-state index in [-0.39, 0.29) is 23.0 Å². The lowest BCUT2D eigenvalue weighted by Crippen LogP contribution is -2.40. The summed E-state index contributed by atoms with van der Waals surface area (Å²) in [6.45, 7) is 5.42.